The van der Waals surface area contributed by atoms with Gasteiger partial charge in [-0.25, -0.2) is 0 Å². The smallest absolute Gasteiger partial charge is 0.315 e. The average molecular weight is 252 g/mol. The minimum Gasteiger partial charge on any atom is -0.382 e. The van der Waals surface area contributed by atoms with Crippen LogP contribution in [0.5, 0.6) is 0 Å². The summed E-state index contributed by atoms with van der Waals surface area (Å²) in [7, 11) is 7.51. The van der Waals surface area contributed by atoms with Gasteiger partial charge in [-0.1, -0.05) is 6.07 Å². The molecule has 0 radical (unpaired) electrons. The van der Waals surface area contributed by atoms with Crippen molar-refractivity contribution < 1.29 is 4.92 Å². The third kappa shape index (κ3) is 3.33. The minimum absolute atomic E-state index is 0.126. The van der Waals surface area contributed by atoms with Crippen LogP contribution in [0, 0.1) is 10.1 Å². The lowest BCUT2D eigenvalue weighted by Gasteiger charge is -2.22. The SMILES string of the molecule is CNc1cccc(N(C)CCN(C)C)c1[N+](=O)[O-]. The standard InChI is InChI=1S/C12H20N4O2/c1-13-10-6-5-7-11(12(10)16(17)18)15(4)9-8-14(2)3/h5-7,13H,8-9H2,1-4H3. The van der Waals surface area contributed by atoms with Gasteiger partial charge in [-0.05, 0) is 26.2 Å². The topological polar surface area (TPSA) is 61.6 Å². The molecule has 1 N–H and O–H groups in total. The Kier molecular flexibility index (Phi) is 4.91. The molecule has 0 aliphatic rings. The van der Waals surface area contributed by atoms with Crippen LogP contribution in [0.15, 0.2) is 18.2 Å². The highest BCUT2D eigenvalue weighted by Crippen LogP contribution is 2.34. The summed E-state index contributed by atoms with van der Waals surface area (Å²) in [5, 5.41) is 14.0. The second kappa shape index (κ2) is 6.20. The molecule has 1 aromatic rings. The van der Waals surface area contributed by atoms with E-state index in [1.54, 1.807) is 19.2 Å². The van der Waals surface area contributed by atoms with Gasteiger partial charge in [0.1, 0.15) is 11.4 Å². The Morgan fingerprint density at radius 2 is 1.94 bits per heavy atom. The summed E-state index contributed by atoms with van der Waals surface area (Å²) in [5.41, 5.74) is 1.30. The van der Waals surface area contributed by atoms with Crippen LogP contribution in [0.4, 0.5) is 17.1 Å². The summed E-state index contributed by atoms with van der Waals surface area (Å²) < 4.78 is 0. The average Bonchev–Trinajstić information content (AvgIpc) is 2.34. The van der Waals surface area contributed by atoms with Gasteiger partial charge in [0.2, 0.25) is 0 Å². The molecular formula is C12H20N4O2. The van der Waals surface area contributed by atoms with Gasteiger partial charge in [0.05, 0.1) is 4.92 Å². The Bertz CT molecular complexity index is 421. The first-order valence-electron chi connectivity index (χ1n) is 5.78. The Balaban J connectivity index is 3.03. The van der Waals surface area contributed by atoms with E-state index in [-0.39, 0.29) is 10.6 Å². The van der Waals surface area contributed by atoms with Crippen LogP contribution in [0.3, 0.4) is 0 Å². The van der Waals surface area contributed by atoms with Crippen molar-refractivity contribution in [3.63, 3.8) is 0 Å². The van der Waals surface area contributed by atoms with E-state index in [1.807, 2.05) is 37.0 Å². The van der Waals surface area contributed by atoms with Crippen molar-refractivity contribution in [2.45, 2.75) is 0 Å². The van der Waals surface area contributed by atoms with E-state index >= 15 is 0 Å². The van der Waals surface area contributed by atoms with E-state index in [0.717, 1.165) is 13.1 Å². The molecule has 0 aliphatic heterocycles. The molecule has 0 atom stereocenters. The second-order valence-corrected chi connectivity index (χ2v) is 4.41. The molecule has 0 saturated heterocycles. The number of hydrogen-bond donors (Lipinski definition) is 1. The van der Waals surface area contributed by atoms with Gasteiger partial charge in [0, 0.05) is 27.2 Å². The summed E-state index contributed by atoms with van der Waals surface area (Å²) in [6.45, 7) is 1.58. The summed E-state index contributed by atoms with van der Waals surface area (Å²) in [6.07, 6.45) is 0. The van der Waals surface area contributed by atoms with Crippen LogP contribution in [0.2, 0.25) is 0 Å². The zero-order valence-electron chi connectivity index (χ0n) is 11.3. The summed E-state index contributed by atoms with van der Waals surface area (Å²) in [6, 6.07) is 5.30. The van der Waals surface area contributed by atoms with Gasteiger partial charge in [-0.2, -0.15) is 0 Å². The quantitative estimate of drug-likeness (QED) is 0.616. The molecule has 100 valence electrons. The van der Waals surface area contributed by atoms with Crippen LogP contribution < -0.4 is 10.2 Å². The lowest BCUT2D eigenvalue weighted by atomic mass is 10.2. The van der Waals surface area contributed by atoms with E-state index in [9.17, 15) is 10.1 Å². The van der Waals surface area contributed by atoms with Crippen molar-refractivity contribution in [1.29, 1.82) is 0 Å². The zero-order chi connectivity index (χ0) is 13.7. The highest BCUT2D eigenvalue weighted by atomic mass is 16.6. The third-order valence-corrected chi connectivity index (χ3v) is 2.76. The molecule has 0 unspecified atom stereocenters. The lowest BCUT2D eigenvalue weighted by molar-refractivity contribution is -0.383. The molecule has 6 heteroatoms. The molecular weight excluding hydrogens is 232 g/mol. The molecule has 1 rings (SSSR count). The van der Waals surface area contributed by atoms with Gasteiger partial charge in [0.25, 0.3) is 0 Å². The molecule has 0 saturated carbocycles. The fourth-order valence-corrected chi connectivity index (χ4v) is 1.70. The summed E-state index contributed by atoms with van der Waals surface area (Å²) in [5.74, 6) is 0. The van der Waals surface area contributed by atoms with Gasteiger partial charge in [0.15, 0.2) is 0 Å². The number of benzene rings is 1. The number of nitro benzene ring substituents is 1. The Morgan fingerprint density at radius 3 is 2.44 bits per heavy atom. The molecule has 18 heavy (non-hydrogen) atoms. The Hall–Kier alpha value is -1.82. The minimum atomic E-state index is -0.340. The first-order valence-corrected chi connectivity index (χ1v) is 5.78. The largest absolute Gasteiger partial charge is 0.382 e. The summed E-state index contributed by atoms with van der Waals surface area (Å²) >= 11 is 0. The first-order chi connectivity index (χ1) is 8.47. The molecule has 0 amide bonds. The molecule has 6 nitrogen and oxygen atoms in total. The molecule has 0 bridgehead atoms. The number of likely N-dealkylation sites (N-methyl/N-ethyl adjacent to an activating group) is 2. The van der Waals surface area contributed by atoms with Crippen LogP contribution in [0.25, 0.3) is 0 Å². The third-order valence-electron chi connectivity index (χ3n) is 2.76. The highest BCUT2D eigenvalue weighted by Gasteiger charge is 2.21. The van der Waals surface area contributed by atoms with Crippen molar-refractivity contribution in [2.75, 3.05) is 51.5 Å². The van der Waals surface area contributed by atoms with Crippen molar-refractivity contribution >= 4 is 17.1 Å². The number of nitrogens with zero attached hydrogens (tertiary/aromatic N) is 3. The number of hydrogen-bond acceptors (Lipinski definition) is 5. The lowest BCUT2D eigenvalue weighted by Crippen LogP contribution is -2.29. The maximum Gasteiger partial charge on any atom is 0.315 e. The first kappa shape index (κ1) is 14.2. The molecule has 0 heterocycles. The second-order valence-electron chi connectivity index (χ2n) is 4.41. The van der Waals surface area contributed by atoms with E-state index in [0.29, 0.717) is 11.4 Å². The highest BCUT2D eigenvalue weighted by molar-refractivity contribution is 5.76. The van der Waals surface area contributed by atoms with Crippen molar-refractivity contribution in [2.24, 2.45) is 0 Å². The molecule has 0 fully saturated rings. The van der Waals surface area contributed by atoms with Gasteiger partial charge >= 0.3 is 5.69 Å². The maximum absolute atomic E-state index is 11.2. The van der Waals surface area contributed by atoms with E-state index < -0.39 is 0 Å². The van der Waals surface area contributed by atoms with Gasteiger partial charge in [-0.3, -0.25) is 10.1 Å². The number of rotatable bonds is 6. The molecule has 0 aliphatic carbocycles. The molecule has 0 aromatic heterocycles. The van der Waals surface area contributed by atoms with E-state index in [4.69, 9.17) is 0 Å². The predicted octanol–water partition coefficient (Wildman–Crippen LogP) is 1.63. The number of nitrogens with one attached hydrogen (secondary N) is 1. The fraction of sp³-hybridized carbons (Fsp3) is 0.500. The zero-order valence-corrected chi connectivity index (χ0v) is 11.3. The van der Waals surface area contributed by atoms with Crippen LogP contribution in [0.1, 0.15) is 0 Å². The Labute approximate surface area is 107 Å². The maximum atomic E-state index is 11.2. The summed E-state index contributed by atoms with van der Waals surface area (Å²) in [4.78, 5) is 14.8. The number of nitro groups is 1. The number of anilines is 2. The van der Waals surface area contributed by atoms with Crippen molar-refractivity contribution in [3.05, 3.63) is 28.3 Å². The van der Waals surface area contributed by atoms with Crippen LogP contribution in [-0.2, 0) is 0 Å². The van der Waals surface area contributed by atoms with Crippen LogP contribution >= 0.6 is 0 Å². The van der Waals surface area contributed by atoms with Gasteiger partial charge in [-0.15, -0.1) is 0 Å². The fourth-order valence-electron chi connectivity index (χ4n) is 1.70. The van der Waals surface area contributed by atoms with Crippen LogP contribution in [-0.4, -0.2) is 51.1 Å². The van der Waals surface area contributed by atoms with Crippen molar-refractivity contribution in [1.82, 2.24) is 4.90 Å². The molecule has 0 spiro atoms. The monoisotopic (exact) mass is 252 g/mol. The molecule has 1 aromatic carbocycles. The normalized spacial score (nSPS) is 10.5. The van der Waals surface area contributed by atoms with E-state index in [2.05, 4.69) is 5.32 Å². The van der Waals surface area contributed by atoms with E-state index in [1.165, 1.54) is 0 Å². The number of para-hydroxylation sites is 1. The predicted molar refractivity (Wildman–Crippen MR) is 74.5 cm³/mol. The Morgan fingerprint density at radius 1 is 1.28 bits per heavy atom. The van der Waals surface area contributed by atoms with Crippen molar-refractivity contribution in [3.8, 4) is 0 Å². The van der Waals surface area contributed by atoms with Gasteiger partial charge < -0.3 is 15.1 Å².